The van der Waals surface area contributed by atoms with Gasteiger partial charge in [-0.05, 0) is 24.6 Å². The summed E-state index contributed by atoms with van der Waals surface area (Å²) in [6.07, 6.45) is 0.726. The van der Waals surface area contributed by atoms with Crippen LogP contribution in [0.4, 0.5) is 5.69 Å². The Morgan fingerprint density at radius 3 is 2.90 bits per heavy atom. The maximum absolute atomic E-state index is 12.7. The zero-order chi connectivity index (χ0) is 14.8. The average Bonchev–Trinajstić information content (AvgIpc) is 2.71. The number of carbonyl (C=O) groups excluding carboxylic acids is 1. The summed E-state index contributed by atoms with van der Waals surface area (Å²) in [6.45, 7) is 1.09. The fourth-order valence-electron chi connectivity index (χ4n) is 2.19. The third-order valence-electron chi connectivity index (χ3n) is 3.13. The summed E-state index contributed by atoms with van der Waals surface area (Å²) in [5, 5.41) is 7.46. The summed E-state index contributed by atoms with van der Waals surface area (Å²) in [5.74, 6) is 0.405. The van der Waals surface area contributed by atoms with E-state index in [2.05, 4.69) is 10.2 Å². The van der Waals surface area contributed by atoms with Crippen LogP contribution in [0.3, 0.4) is 0 Å². The number of rotatable bonds is 1. The first-order valence-corrected chi connectivity index (χ1v) is 7.15. The molecule has 0 unspecified atom stereocenters. The third-order valence-corrected chi connectivity index (χ3v) is 3.60. The van der Waals surface area contributed by atoms with Gasteiger partial charge in [0.15, 0.2) is 10.3 Å². The number of amides is 1. The molecule has 1 amide bonds. The van der Waals surface area contributed by atoms with Crippen molar-refractivity contribution in [2.45, 2.75) is 6.42 Å². The molecule has 0 saturated carbocycles. The van der Waals surface area contributed by atoms with Crippen molar-refractivity contribution in [2.24, 2.45) is 0 Å². The van der Waals surface area contributed by atoms with Crippen LogP contribution in [-0.4, -0.2) is 29.3 Å². The molecule has 2 aromatic rings. The largest absolute Gasteiger partial charge is 0.491 e. The number of hydrogen-bond acceptors (Lipinski definition) is 4. The monoisotopic (exact) mass is 323 g/mol. The van der Waals surface area contributed by atoms with Crippen LogP contribution in [0.1, 0.15) is 16.8 Å². The molecule has 5 nitrogen and oxygen atoms in total. The quantitative estimate of drug-likeness (QED) is 0.808. The first-order chi connectivity index (χ1) is 10.2. The van der Waals surface area contributed by atoms with Crippen molar-refractivity contribution in [1.82, 2.24) is 10.2 Å². The molecule has 108 valence electrons. The van der Waals surface area contributed by atoms with E-state index in [1.54, 1.807) is 4.90 Å². The van der Waals surface area contributed by atoms with E-state index >= 15 is 0 Å². The fraction of sp³-hybridized carbons (Fsp3) is 0.214. The lowest BCUT2D eigenvalue weighted by atomic mass is 10.2. The summed E-state index contributed by atoms with van der Waals surface area (Å²) in [4.78, 5) is 14.4. The first kappa shape index (κ1) is 14.1. The van der Waals surface area contributed by atoms with E-state index in [9.17, 15) is 4.79 Å². The molecule has 0 aliphatic carbocycles. The Kier molecular flexibility index (Phi) is 3.94. The Balaban J connectivity index is 2.03. The number of anilines is 1. The van der Waals surface area contributed by atoms with Gasteiger partial charge in [0.25, 0.3) is 5.91 Å². The second kappa shape index (κ2) is 5.87. The molecule has 1 aromatic carbocycles. The van der Waals surface area contributed by atoms with E-state index in [1.165, 1.54) is 6.07 Å². The van der Waals surface area contributed by atoms with Crippen LogP contribution in [-0.2, 0) is 0 Å². The highest BCUT2D eigenvalue weighted by molar-refractivity contribution is 6.34. The van der Waals surface area contributed by atoms with Gasteiger partial charge in [-0.15, -0.1) is 10.2 Å². The normalized spacial score (nSPS) is 14.1. The Bertz CT molecular complexity index is 694. The molecule has 0 radical (unpaired) electrons. The van der Waals surface area contributed by atoms with Crippen LogP contribution in [0, 0.1) is 0 Å². The smallest absolute Gasteiger partial charge is 0.261 e. The van der Waals surface area contributed by atoms with E-state index in [-0.39, 0.29) is 21.8 Å². The zero-order valence-electron chi connectivity index (χ0n) is 10.9. The standard InChI is InChI=1S/C14H11Cl2N3O2/c15-12-8-9(13(16)18-17-12)14(20)19-6-3-7-21-11-5-2-1-4-10(11)19/h1-2,4-5,8H,3,6-7H2. The number of ether oxygens (including phenoxy) is 1. The molecule has 0 atom stereocenters. The molecule has 1 aromatic heterocycles. The summed E-state index contributed by atoms with van der Waals surface area (Å²) < 4.78 is 5.64. The second-order valence-corrected chi connectivity index (χ2v) is 5.24. The van der Waals surface area contributed by atoms with Crippen LogP contribution in [0.25, 0.3) is 0 Å². The lowest BCUT2D eigenvalue weighted by Gasteiger charge is -2.21. The number of nitrogens with zero attached hydrogens (tertiary/aromatic N) is 3. The van der Waals surface area contributed by atoms with Crippen molar-refractivity contribution in [2.75, 3.05) is 18.1 Å². The van der Waals surface area contributed by atoms with Gasteiger partial charge < -0.3 is 9.64 Å². The number of fused-ring (bicyclic) bond motifs is 1. The van der Waals surface area contributed by atoms with Crippen molar-refractivity contribution in [1.29, 1.82) is 0 Å². The Morgan fingerprint density at radius 1 is 1.24 bits per heavy atom. The van der Waals surface area contributed by atoms with Gasteiger partial charge >= 0.3 is 0 Å². The van der Waals surface area contributed by atoms with Gasteiger partial charge in [-0.1, -0.05) is 35.3 Å². The predicted molar refractivity (Wildman–Crippen MR) is 80.3 cm³/mol. The molecule has 1 aliphatic heterocycles. The first-order valence-electron chi connectivity index (χ1n) is 6.39. The average molecular weight is 324 g/mol. The van der Waals surface area contributed by atoms with Gasteiger partial charge in [0.1, 0.15) is 5.75 Å². The number of halogens is 2. The van der Waals surface area contributed by atoms with E-state index in [1.807, 2.05) is 24.3 Å². The SMILES string of the molecule is O=C(c1cc(Cl)nnc1Cl)N1CCCOc2ccccc21. The van der Waals surface area contributed by atoms with Crippen molar-refractivity contribution in [3.63, 3.8) is 0 Å². The number of benzene rings is 1. The van der Waals surface area contributed by atoms with E-state index < -0.39 is 0 Å². The van der Waals surface area contributed by atoms with Gasteiger partial charge in [-0.2, -0.15) is 0 Å². The summed E-state index contributed by atoms with van der Waals surface area (Å²) in [6, 6.07) is 8.81. The maximum atomic E-state index is 12.7. The van der Waals surface area contributed by atoms with Crippen molar-refractivity contribution in [3.05, 3.63) is 46.2 Å². The molecular weight excluding hydrogens is 313 g/mol. The molecule has 3 rings (SSSR count). The van der Waals surface area contributed by atoms with Gasteiger partial charge in [-0.3, -0.25) is 4.79 Å². The van der Waals surface area contributed by atoms with Gasteiger partial charge in [-0.25, -0.2) is 0 Å². The lowest BCUT2D eigenvalue weighted by molar-refractivity contribution is 0.0987. The summed E-state index contributed by atoms with van der Waals surface area (Å²) >= 11 is 11.8. The van der Waals surface area contributed by atoms with E-state index in [0.717, 1.165) is 6.42 Å². The van der Waals surface area contributed by atoms with E-state index in [4.69, 9.17) is 27.9 Å². The predicted octanol–water partition coefficient (Wildman–Crippen LogP) is 3.21. The van der Waals surface area contributed by atoms with Crippen molar-refractivity contribution in [3.8, 4) is 5.75 Å². The topological polar surface area (TPSA) is 55.3 Å². The van der Waals surface area contributed by atoms with Crippen LogP contribution in [0.2, 0.25) is 10.3 Å². The second-order valence-electron chi connectivity index (χ2n) is 4.50. The molecule has 0 bridgehead atoms. The lowest BCUT2D eigenvalue weighted by Crippen LogP contribution is -2.32. The summed E-state index contributed by atoms with van der Waals surface area (Å²) in [5.41, 5.74) is 0.942. The highest BCUT2D eigenvalue weighted by Gasteiger charge is 2.25. The molecule has 21 heavy (non-hydrogen) atoms. The molecular formula is C14H11Cl2N3O2. The minimum absolute atomic E-state index is 0.0343. The molecule has 0 spiro atoms. The van der Waals surface area contributed by atoms with Crippen LogP contribution in [0.5, 0.6) is 5.75 Å². The Morgan fingerprint density at radius 2 is 2.05 bits per heavy atom. The molecule has 0 fully saturated rings. The van der Waals surface area contributed by atoms with E-state index in [0.29, 0.717) is 24.6 Å². The summed E-state index contributed by atoms with van der Waals surface area (Å²) in [7, 11) is 0. The molecule has 7 heteroatoms. The van der Waals surface area contributed by atoms with Gasteiger partial charge in [0.05, 0.1) is 17.9 Å². The Labute approximate surface area is 131 Å². The minimum atomic E-state index is -0.269. The van der Waals surface area contributed by atoms with Crippen molar-refractivity contribution >= 4 is 34.8 Å². The number of carbonyl (C=O) groups is 1. The molecule has 0 saturated heterocycles. The Hall–Kier alpha value is -1.85. The van der Waals surface area contributed by atoms with Crippen LogP contribution >= 0.6 is 23.2 Å². The molecule has 2 heterocycles. The maximum Gasteiger partial charge on any atom is 0.261 e. The zero-order valence-corrected chi connectivity index (χ0v) is 12.4. The van der Waals surface area contributed by atoms with Crippen LogP contribution in [0.15, 0.2) is 30.3 Å². The fourth-order valence-corrected chi connectivity index (χ4v) is 2.51. The van der Waals surface area contributed by atoms with Crippen LogP contribution < -0.4 is 9.64 Å². The van der Waals surface area contributed by atoms with Gasteiger partial charge in [0, 0.05) is 6.54 Å². The third kappa shape index (κ3) is 2.80. The van der Waals surface area contributed by atoms with Gasteiger partial charge in [0.2, 0.25) is 0 Å². The molecule has 1 aliphatic rings. The number of hydrogen-bond donors (Lipinski definition) is 0. The highest BCUT2D eigenvalue weighted by atomic mass is 35.5. The number of aromatic nitrogens is 2. The van der Waals surface area contributed by atoms with Crippen molar-refractivity contribution < 1.29 is 9.53 Å². The minimum Gasteiger partial charge on any atom is -0.491 e. The molecule has 0 N–H and O–H groups in total. The highest BCUT2D eigenvalue weighted by Crippen LogP contribution is 2.32. The number of para-hydroxylation sites is 2.